The number of carbonyl (C=O) groups is 1. The van der Waals surface area contributed by atoms with Crippen molar-refractivity contribution in [1.82, 2.24) is 14.8 Å². The van der Waals surface area contributed by atoms with Crippen LogP contribution in [-0.2, 0) is 24.4 Å². The van der Waals surface area contributed by atoms with Gasteiger partial charge in [0.25, 0.3) is 0 Å². The molecule has 0 saturated carbocycles. The number of aromatic nitrogens is 3. The van der Waals surface area contributed by atoms with Crippen molar-refractivity contribution in [2.24, 2.45) is 0 Å². The predicted octanol–water partition coefficient (Wildman–Crippen LogP) is 4.80. The van der Waals surface area contributed by atoms with Gasteiger partial charge in [0.05, 0.1) is 12.2 Å². The van der Waals surface area contributed by atoms with Gasteiger partial charge >= 0.3 is 5.97 Å². The fraction of sp³-hybridized carbons (Fsp3) is 0.240. The van der Waals surface area contributed by atoms with Crippen molar-refractivity contribution in [3.8, 4) is 17.0 Å². The zero-order chi connectivity index (χ0) is 22.5. The molecule has 0 spiro atoms. The largest absolute Gasteiger partial charge is 0.487 e. The number of rotatable bonds is 9. The Hall–Kier alpha value is -3.87. The molecule has 4 aromatic rings. The van der Waals surface area contributed by atoms with Crippen molar-refractivity contribution in [3.63, 3.8) is 0 Å². The van der Waals surface area contributed by atoms with Gasteiger partial charge in [-0.05, 0) is 36.6 Å². The molecular weight excluding hydrogens is 406 g/mol. The van der Waals surface area contributed by atoms with Crippen molar-refractivity contribution in [2.45, 2.75) is 39.8 Å². The summed E-state index contributed by atoms with van der Waals surface area (Å²) in [5.74, 6) is 1.34. The van der Waals surface area contributed by atoms with Crippen molar-refractivity contribution in [2.75, 3.05) is 0 Å². The molecule has 0 aliphatic carbocycles. The normalized spacial score (nSPS) is 10.9. The minimum Gasteiger partial charge on any atom is -0.487 e. The van der Waals surface area contributed by atoms with Crippen LogP contribution in [-0.4, -0.2) is 25.8 Å². The van der Waals surface area contributed by atoms with Gasteiger partial charge in [-0.1, -0.05) is 42.5 Å². The number of oxazole rings is 1. The number of carboxylic acid groups (broad SMARTS) is 1. The van der Waals surface area contributed by atoms with E-state index in [1.165, 1.54) is 0 Å². The average Bonchev–Trinajstić information content (AvgIpc) is 3.34. The number of benzene rings is 2. The van der Waals surface area contributed by atoms with E-state index in [2.05, 4.69) is 4.98 Å². The van der Waals surface area contributed by atoms with Crippen molar-refractivity contribution in [3.05, 3.63) is 89.3 Å². The molecule has 0 saturated heterocycles. The smallest absolute Gasteiger partial charge is 0.303 e. The Labute approximate surface area is 186 Å². The highest BCUT2D eigenvalue weighted by molar-refractivity contribution is 5.68. The Balaban J connectivity index is 1.46. The predicted molar refractivity (Wildman–Crippen MR) is 119 cm³/mol. The lowest BCUT2D eigenvalue weighted by molar-refractivity contribution is -0.136. The lowest BCUT2D eigenvalue weighted by Crippen LogP contribution is -2.01. The fourth-order valence-electron chi connectivity index (χ4n) is 3.54. The lowest BCUT2D eigenvalue weighted by Gasteiger charge is -2.06. The van der Waals surface area contributed by atoms with Crippen molar-refractivity contribution < 1.29 is 19.1 Å². The summed E-state index contributed by atoms with van der Waals surface area (Å²) in [6.45, 7) is 4.63. The quantitative estimate of drug-likeness (QED) is 0.409. The third kappa shape index (κ3) is 5.24. The second-order valence-electron chi connectivity index (χ2n) is 7.63. The maximum atomic E-state index is 11.1. The van der Waals surface area contributed by atoms with Crippen LogP contribution in [0, 0.1) is 13.8 Å². The van der Waals surface area contributed by atoms with Crippen LogP contribution in [0.25, 0.3) is 11.3 Å². The van der Waals surface area contributed by atoms with Gasteiger partial charge in [0.2, 0.25) is 0 Å². The molecule has 164 valence electrons. The number of hydrogen-bond acceptors (Lipinski definition) is 5. The highest BCUT2D eigenvalue weighted by atomic mass is 16.5. The van der Waals surface area contributed by atoms with E-state index in [1.54, 1.807) is 0 Å². The topological polar surface area (TPSA) is 90.4 Å². The van der Waals surface area contributed by atoms with E-state index in [1.807, 2.05) is 79.3 Å². The monoisotopic (exact) mass is 431 g/mol. The molecule has 0 fully saturated rings. The van der Waals surface area contributed by atoms with E-state index >= 15 is 0 Å². The van der Waals surface area contributed by atoms with Crippen LogP contribution in [0.3, 0.4) is 0 Å². The van der Waals surface area contributed by atoms with Crippen LogP contribution in [0.5, 0.6) is 5.75 Å². The molecule has 1 N–H and O–H groups in total. The van der Waals surface area contributed by atoms with Gasteiger partial charge in [-0.15, -0.1) is 0 Å². The third-order valence-corrected chi connectivity index (χ3v) is 5.14. The van der Waals surface area contributed by atoms with Gasteiger partial charge < -0.3 is 14.3 Å². The Kier molecular flexibility index (Phi) is 6.35. The number of ether oxygens (including phenoxy) is 1. The molecular formula is C25H25N3O4. The Morgan fingerprint density at radius 3 is 2.50 bits per heavy atom. The fourth-order valence-corrected chi connectivity index (χ4v) is 3.54. The summed E-state index contributed by atoms with van der Waals surface area (Å²) in [5, 5.41) is 13.8. The molecule has 0 amide bonds. The molecule has 2 heterocycles. The lowest BCUT2D eigenvalue weighted by atomic mass is 10.0. The summed E-state index contributed by atoms with van der Waals surface area (Å²) in [7, 11) is 0. The van der Waals surface area contributed by atoms with Crippen molar-refractivity contribution in [1.29, 1.82) is 0 Å². The summed E-state index contributed by atoms with van der Waals surface area (Å²) in [6, 6.07) is 17.7. The molecule has 2 aromatic carbocycles. The molecule has 2 aromatic heterocycles. The van der Waals surface area contributed by atoms with Crippen LogP contribution in [0.15, 0.2) is 65.2 Å². The van der Waals surface area contributed by atoms with Crippen LogP contribution in [0.4, 0.5) is 0 Å². The minimum absolute atomic E-state index is 0.0715. The second kappa shape index (κ2) is 9.51. The molecule has 32 heavy (non-hydrogen) atoms. The summed E-state index contributed by atoms with van der Waals surface area (Å²) in [5.41, 5.74) is 4.60. The number of nitrogens with zero attached hydrogens (tertiary/aromatic N) is 3. The first-order valence-electron chi connectivity index (χ1n) is 10.5. The van der Waals surface area contributed by atoms with Gasteiger partial charge in [0.15, 0.2) is 5.89 Å². The van der Waals surface area contributed by atoms with Gasteiger partial charge in [0, 0.05) is 25.1 Å². The van der Waals surface area contributed by atoms with Gasteiger partial charge in [-0.3, -0.25) is 9.48 Å². The van der Waals surface area contributed by atoms with E-state index < -0.39 is 5.97 Å². The standard InChI is InChI=1S/C25H25N3O4/c1-17-23(26-18(2)32-17)16-31-22-11-8-19(9-12-22)14-28-15-21(10-13-24(29)30)25(27-28)20-6-4-3-5-7-20/h3-9,11-12,15H,10,13-14,16H2,1-2H3,(H,29,30). The number of hydrogen-bond donors (Lipinski definition) is 1. The molecule has 7 nitrogen and oxygen atoms in total. The zero-order valence-electron chi connectivity index (χ0n) is 18.1. The molecule has 0 bridgehead atoms. The van der Waals surface area contributed by atoms with E-state index in [4.69, 9.17) is 19.4 Å². The maximum Gasteiger partial charge on any atom is 0.303 e. The Morgan fingerprint density at radius 2 is 1.84 bits per heavy atom. The zero-order valence-corrected chi connectivity index (χ0v) is 18.1. The number of aryl methyl sites for hydroxylation is 3. The highest BCUT2D eigenvalue weighted by Crippen LogP contribution is 2.24. The number of aliphatic carboxylic acids is 1. The molecule has 7 heteroatoms. The number of carboxylic acids is 1. The summed E-state index contributed by atoms with van der Waals surface area (Å²) < 4.78 is 13.1. The maximum absolute atomic E-state index is 11.1. The van der Waals surface area contributed by atoms with Gasteiger partial charge in [-0.25, -0.2) is 4.98 Å². The third-order valence-electron chi connectivity index (χ3n) is 5.14. The Bertz CT molecular complexity index is 1190. The van der Waals surface area contributed by atoms with Crippen LogP contribution >= 0.6 is 0 Å². The molecule has 0 atom stereocenters. The van der Waals surface area contributed by atoms with E-state index in [0.717, 1.165) is 39.6 Å². The first-order chi connectivity index (χ1) is 15.5. The molecule has 4 rings (SSSR count). The van der Waals surface area contributed by atoms with Crippen molar-refractivity contribution >= 4 is 5.97 Å². The molecule has 0 radical (unpaired) electrons. The second-order valence-corrected chi connectivity index (χ2v) is 7.63. The molecule has 0 aliphatic rings. The first kappa shape index (κ1) is 21.4. The summed E-state index contributed by atoms with van der Waals surface area (Å²) >= 11 is 0. The average molecular weight is 431 g/mol. The van der Waals surface area contributed by atoms with Gasteiger partial charge in [-0.2, -0.15) is 5.10 Å². The highest BCUT2D eigenvalue weighted by Gasteiger charge is 2.13. The van der Waals surface area contributed by atoms with Crippen LogP contribution in [0.2, 0.25) is 0 Å². The van der Waals surface area contributed by atoms with E-state index in [-0.39, 0.29) is 6.42 Å². The van der Waals surface area contributed by atoms with Crippen LogP contribution in [0.1, 0.15) is 34.9 Å². The van der Waals surface area contributed by atoms with E-state index in [0.29, 0.717) is 25.5 Å². The summed E-state index contributed by atoms with van der Waals surface area (Å²) in [4.78, 5) is 15.4. The van der Waals surface area contributed by atoms with E-state index in [9.17, 15) is 4.79 Å². The minimum atomic E-state index is -0.816. The first-order valence-corrected chi connectivity index (χ1v) is 10.5. The SMILES string of the molecule is Cc1nc(COc2ccc(Cn3cc(CCC(=O)O)c(-c4ccccc4)n3)cc2)c(C)o1. The molecule has 0 unspecified atom stereocenters. The summed E-state index contributed by atoms with van der Waals surface area (Å²) in [6.07, 6.45) is 2.45. The molecule has 0 aliphatic heterocycles. The van der Waals surface area contributed by atoms with Crippen LogP contribution < -0.4 is 4.74 Å². The van der Waals surface area contributed by atoms with Gasteiger partial charge in [0.1, 0.15) is 23.8 Å². The Morgan fingerprint density at radius 1 is 1.09 bits per heavy atom.